The Morgan fingerprint density at radius 2 is 2.14 bits per heavy atom. The normalized spacial score (nSPS) is 10.0. The first-order chi connectivity index (χ1) is 10.1. The predicted octanol–water partition coefficient (Wildman–Crippen LogP) is 2.62. The summed E-state index contributed by atoms with van der Waals surface area (Å²) in [4.78, 5) is 14.6. The lowest BCUT2D eigenvalue weighted by atomic mass is 10.2. The van der Waals surface area contributed by atoms with Crippen molar-refractivity contribution < 1.29 is 14.4 Å². The second-order valence-corrected chi connectivity index (χ2v) is 4.18. The molecular weight excluding hydrogens is 274 g/mol. The summed E-state index contributed by atoms with van der Waals surface area (Å²) in [5.41, 5.74) is 0.710. The molecule has 0 amide bonds. The maximum absolute atomic E-state index is 11.0. The average Bonchev–Trinajstić information content (AvgIpc) is 2.52. The van der Waals surface area contributed by atoms with Crippen LogP contribution in [0.25, 0.3) is 0 Å². The minimum Gasteiger partial charge on any atom is -0.497 e. The zero-order valence-corrected chi connectivity index (χ0v) is 11.7. The van der Waals surface area contributed by atoms with Gasteiger partial charge in [-0.15, -0.1) is 0 Å². The van der Waals surface area contributed by atoms with Crippen LogP contribution in [0.3, 0.4) is 0 Å². The molecule has 0 aliphatic carbocycles. The van der Waals surface area contributed by atoms with Gasteiger partial charge in [0.05, 0.1) is 12.0 Å². The van der Waals surface area contributed by atoms with E-state index in [2.05, 4.69) is 10.3 Å². The van der Waals surface area contributed by atoms with Crippen LogP contribution in [0.4, 0.5) is 11.5 Å². The van der Waals surface area contributed by atoms with E-state index in [9.17, 15) is 10.1 Å². The summed E-state index contributed by atoms with van der Waals surface area (Å²) in [6.07, 6.45) is 1.65. The number of methoxy groups -OCH3 is 1. The van der Waals surface area contributed by atoms with Crippen LogP contribution in [0.5, 0.6) is 11.5 Å². The number of ether oxygens (including phenoxy) is 2. The molecule has 21 heavy (non-hydrogen) atoms. The number of rotatable bonds is 6. The van der Waals surface area contributed by atoms with E-state index in [1.807, 2.05) is 6.07 Å². The summed E-state index contributed by atoms with van der Waals surface area (Å²) in [6, 6.07) is 8.02. The van der Waals surface area contributed by atoms with Crippen molar-refractivity contribution in [2.24, 2.45) is 0 Å². The van der Waals surface area contributed by atoms with Gasteiger partial charge in [0.2, 0.25) is 5.75 Å². The van der Waals surface area contributed by atoms with Gasteiger partial charge in [-0.2, -0.15) is 0 Å². The molecule has 2 rings (SSSR count). The minimum absolute atomic E-state index is 0.101. The number of nitrogens with one attached hydrogen (secondary N) is 1. The van der Waals surface area contributed by atoms with Gasteiger partial charge in [-0.1, -0.05) is 6.07 Å². The Morgan fingerprint density at radius 1 is 1.33 bits per heavy atom. The molecule has 0 aliphatic rings. The van der Waals surface area contributed by atoms with Gasteiger partial charge < -0.3 is 14.8 Å². The van der Waals surface area contributed by atoms with E-state index in [0.717, 1.165) is 11.4 Å². The molecule has 0 bridgehead atoms. The van der Waals surface area contributed by atoms with Crippen molar-refractivity contribution in [2.75, 3.05) is 19.5 Å². The Hall–Kier alpha value is -2.83. The standard InChI is InChI=1S/C14H15N3O4/c1-15-14-6-3-10(8-16-14)9-21-13-7-11(20-2)4-5-12(13)17(18)19/h3-8H,9H2,1-2H3,(H,15,16). The van der Waals surface area contributed by atoms with E-state index in [4.69, 9.17) is 9.47 Å². The molecule has 0 fully saturated rings. The summed E-state index contributed by atoms with van der Waals surface area (Å²) in [7, 11) is 3.27. The lowest BCUT2D eigenvalue weighted by molar-refractivity contribution is -0.386. The molecule has 0 saturated carbocycles. The fourth-order valence-corrected chi connectivity index (χ4v) is 1.71. The third-order valence-corrected chi connectivity index (χ3v) is 2.84. The van der Waals surface area contributed by atoms with Crippen LogP contribution in [-0.2, 0) is 6.61 Å². The number of aromatic nitrogens is 1. The number of benzene rings is 1. The fourth-order valence-electron chi connectivity index (χ4n) is 1.71. The van der Waals surface area contributed by atoms with E-state index in [0.29, 0.717) is 5.75 Å². The van der Waals surface area contributed by atoms with Crippen LogP contribution < -0.4 is 14.8 Å². The van der Waals surface area contributed by atoms with E-state index in [1.54, 1.807) is 19.3 Å². The van der Waals surface area contributed by atoms with Gasteiger partial charge in [0.15, 0.2) is 0 Å². The quantitative estimate of drug-likeness (QED) is 0.649. The van der Waals surface area contributed by atoms with E-state index in [1.165, 1.54) is 25.3 Å². The predicted molar refractivity (Wildman–Crippen MR) is 77.8 cm³/mol. The molecule has 0 unspecified atom stereocenters. The molecule has 0 spiro atoms. The van der Waals surface area contributed by atoms with Gasteiger partial charge in [-0.25, -0.2) is 4.98 Å². The van der Waals surface area contributed by atoms with Crippen molar-refractivity contribution in [3.05, 3.63) is 52.2 Å². The zero-order chi connectivity index (χ0) is 15.2. The second-order valence-electron chi connectivity index (χ2n) is 4.18. The Bertz CT molecular complexity index is 629. The van der Waals surface area contributed by atoms with Crippen molar-refractivity contribution in [1.82, 2.24) is 4.98 Å². The molecular formula is C14H15N3O4. The Kier molecular flexibility index (Phi) is 4.55. The molecule has 0 saturated heterocycles. The smallest absolute Gasteiger partial charge is 0.311 e. The molecule has 1 heterocycles. The van der Waals surface area contributed by atoms with Crippen molar-refractivity contribution in [1.29, 1.82) is 0 Å². The first-order valence-electron chi connectivity index (χ1n) is 6.22. The number of nitrogens with zero attached hydrogens (tertiary/aromatic N) is 2. The van der Waals surface area contributed by atoms with Crippen LogP contribution in [0.2, 0.25) is 0 Å². The van der Waals surface area contributed by atoms with Crippen LogP contribution in [0.1, 0.15) is 5.56 Å². The average molecular weight is 289 g/mol. The number of anilines is 1. The number of nitro groups is 1. The topological polar surface area (TPSA) is 86.5 Å². The highest BCUT2D eigenvalue weighted by atomic mass is 16.6. The van der Waals surface area contributed by atoms with Crippen LogP contribution in [0.15, 0.2) is 36.5 Å². The zero-order valence-electron chi connectivity index (χ0n) is 11.7. The van der Waals surface area contributed by atoms with Crippen LogP contribution >= 0.6 is 0 Å². The van der Waals surface area contributed by atoms with Gasteiger partial charge >= 0.3 is 5.69 Å². The Morgan fingerprint density at radius 3 is 2.71 bits per heavy atom. The minimum atomic E-state index is -0.489. The molecule has 0 radical (unpaired) electrons. The molecule has 1 aromatic heterocycles. The number of pyridine rings is 1. The second kappa shape index (κ2) is 6.56. The maximum atomic E-state index is 11.0. The number of hydrogen-bond donors (Lipinski definition) is 1. The summed E-state index contributed by atoms with van der Waals surface area (Å²) in [6.45, 7) is 0.186. The van der Waals surface area contributed by atoms with Gasteiger partial charge in [-0.05, 0) is 12.1 Å². The van der Waals surface area contributed by atoms with Crippen LogP contribution in [0, 0.1) is 10.1 Å². The Labute approximate surface area is 121 Å². The van der Waals surface area contributed by atoms with E-state index in [-0.39, 0.29) is 18.0 Å². The molecule has 7 heteroatoms. The van der Waals surface area contributed by atoms with Crippen molar-refractivity contribution in [2.45, 2.75) is 6.61 Å². The lowest BCUT2D eigenvalue weighted by Gasteiger charge is -2.08. The summed E-state index contributed by atoms with van der Waals surface area (Å²) >= 11 is 0. The van der Waals surface area contributed by atoms with Crippen molar-refractivity contribution in [3.8, 4) is 11.5 Å². The third kappa shape index (κ3) is 3.59. The third-order valence-electron chi connectivity index (χ3n) is 2.84. The van der Waals surface area contributed by atoms with E-state index >= 15 is 0 Å². The van der Waals surface area contributed by atoms with E-state index < -0.39 is 4.92 Å². The molecule has 110 valence electrons. The molecule has 0 atom stereocenters. The molecule has 0 aliphatic heterocycles. The largest absolute Gasteiger partial charge is 0.497 e. The van der Waals surface area contributed by atoms with Crippen molar-refractivity contribution >= 4 is 11.5 Å². The number of nitro benzene ring substituents is 1. The summed E-state index contributed by atoms with van der Waals surface area (Å²) in [5.74, 6) is 1.41. The summed E-state index contributed by atoms with van der Waals surface area (Å²) in [5, 5.41) is 13.9. The fraction of sp³-hybridized carbons (Fsp3) is 0.214. The molecule has 1 N–H and O–H groups in total. The summed E-state index contributed by atoms with van der Waals surface area (Å²) < 4.78 is 10.6. The number of hydrogen-bond acceptors (Lipinski definition) is 6. The highest BCUT2D eigenvalue weighted by Crippen LogP contribution is 2.31. The van der Waals surface area contributed by atoms with Gasteiger partial charge in [0.1, 0.15) is 18.2 Å². The highest BCUT2D eigenvalue weighted by Gasteiger charge is 2.16. The lowest BCUT2D eigenvalue weighted by Crippen LogP contribution is -2.01. The monoisotopic (exact) mass is 289 g/mol. The highest BCUT2D eigenvalue weighted by molar-refractivity contribution is 5.50. The molecule has 2 aromatic rings. The molecule has 1 aromatic carbocycles. The van der Waals surface area contributed by atoms with Gasteiger partial charge in [0, 0.05) is 30.9 Å². The molecule has 7 nitrogen and oxygen atoms in total. The van der Waals surface area contributed by atoms with Gasteiger partial charge in [-0.3, -0.25) is 10.1 Å². The first-order valence-corrected chi connectivity index (χ1v) is 6.22. The van der Waals surface area contributed by atoms with Crippen LogP contribution in [-0.4, -0.2) is 24.1 Å². The first kappa shape index (κ1) is 14.6. The van der Waals surface area contributed by atoms with Gasteiger partial charge in [0.25, 0.3) is 0 Å². The maximum Gasteiger partial charge on any atom is 0.311 e. The SMILES string of the molecule is CNc1ccc(COc2cc(OC)ccc2[N+](=O)[O-])cn1. The van der Waals surface area contributed by atoms with Crippen molar-refractivity contribution in [3.63, 3.8) is 0 Å². The Balaban J connectivity index is 2.15.